The van der Waals surface area contributed by atoms with E-state index in [2.05, 4.69) is 10.1 Å². The molecule has 1 aromatic heterocycles. The van der Waals surface area contributed by atoms with Crippen LogP contribution in [0.1, 0.15) is 48.3 Å². The van der Waals surface area contributed by atoms with Crippen LogP contribution in [-0.2, 0) is 11.3 Å². The molecule has 33 heavy (non-hydrogen) atoms. The van der Waals surface area contributed by atoms with Gasteiger partial charge in [-0.1, -0.05) is 53.9 Å². The Morgan fingerprint density at radius 2 is 1.79 bits per heavy atom. The molecular formula is C26H28N4O3. The summed E-state index contributed by atoms with van der Waals surface area (Å²) in [6.07, 6.45) is 3.59. The van der Waals surface area contributed by atoms with E-state index in [1.54, 1.807) is 4.90 Å². The van der Waals surface area contributed by atoms with E-state index in [0.29, 0.717) is 17.4 Å². The number of amides is 3. The number of fused-ring (bicyclic) bond motifs is 1. The fourth-order valence-corrected chi connectivity index (χ4v) is 5.04. The Labute approximate surface area is 193 Å². The predicted octanol–water partition coefficient (Wildman–Crippen LogP) is 5.19. The Bertz CT molecular complexity index is 1220. The van der Waals surface area contributed by atoms with Gasteiger partial charge in [0.15, 0.2) is 0 Å². The highest BCUT2D eigenvalue weighted by molar-refractivity contribution is 6.17. The molecule has 0 N–H and O–H groups in total. The Hall–Kier alpha value is -3.48. The second-order valence-electron chi connectivity index (χ2n) is 9.21. The largest absolute Gasteiger partial charge is 0.337 e. The molecule has 7 nitrogen and oxygen atoms in total. The predicted molar refractivity (Wildman–Crippen MR) is 125 cm³/mol. The van der Waals surface area contributed by atoms with Gasteiger partial charge in [-0.2, -0.15) is 4.98 Å². The number of imide groups is 1. The first-order valence-electron chi connectivity index (χ1n) is 11.5. The zero-order valence-electron chi connectivity index (χ0n) is 19.2. The number of benzene rings is 2. The van der Waals surface area contributed by atoms with Crippen LogP contribution in [-0.4, -0.2) is 33.0 Å². The van der Waals surface area contributed by atoms with Gasteiger partial charge in [-0.25, -0.2) is 9.69 Å². The van der Waals surface area contributed by atoms with E-state index in [-0.39, 0.29) is 30.4 Å². The molecule has 2 atom stereocenters. The van der Waals surface area contributed by atoms with Crippen molar-refractivity contribution in [3.63, 3.8) is 0 Å². The number of nitrogens with zero attached hydrogens (tertiary/aromatic N) is 4. The summed E-state index contributed by atoms with van der Waals surface area (Å²) in [7, 11) is 0. The van der Waals surface area contributed by atoms with Gasteiger partial charge in [-0.3, -0.25) is 4.79 Å². The van der Waals surface area contributed by atoms with Crippen molar-refractivity contribution in [3.8, 4) is 11.4 Å². The molecule has 0 spiro atoms. The third-order valence-electron chi connectivity index (χ3n) is 6.76. The molecule has 2 fully saturated rings. The summed E-state index contributed by atoms with van der Waals surface area (Å²) in [6, 6.07) is 13.3. The lowest BCUT2D eigenvalue weighted by molar-refractivity contribution is -0.127. The number of carbonyl (C=O) groups is 2. The molecule has 1 saturated carbocycles. The second kappa shape index (κ2) is 8.46. The Balaban J connectivity index is 1.48. The maximum atomic E-state index is 13.7. The third kappa shape index (κ3) is 3.92. The summed E-state index contributed by atoms with van der Waals surface area (Å²) in [4.78, 5) is 34.9. The summed E-state index contributed by atoms with van der Waals surface area (Å²) in [5.41, 5.74) is 4.55. The molecule has 0 bridgehead atoms. The van der Waals surface area contributed by atoms with Crippen molar-refractivity contribution in [2.45, 2.75) is 59.0 Å². The van der Waals surface area contributed by atoms with Crippen molar-refractivity contribution < 1.29 is 14.1 Å². The first kappa shape index (κ1) is 21.4. The maximum Gasteiger partial charge on any atom is 0.332 e. The number of urea groups is 1. The lowest BCUT2D eigenvalue weighted by atomic mass is 9.81. The quantitative estimate of drug-likeness (QED) is 0.553. The number of anilines is 1. The minimum absolute atomic E-state index is 0.0966. The van der Waals surface area contributed by atoms with E-state index in [4.69, 9.17) is 4.52 Å². The zero-order valence-corrected chi connectivity index (χ0v) is 19.2. The lowest BCUT2D eigenvalue weighted by Crippen LogP contribution is -2.62. The number of rotatable bonds is 4. The first-order valence-corrected chi connectivity index (χ1v) is 11.5. The standard InChI is InChI=1S/C26H28N4O3/c1-16-7-6-8-19(13-16)24-27-23(33-28-24)15-29-21-10-5-4-9-20(21)25(31)30(26(29)32)22-14-17(2)11-12-18(22)3/h6-8,11-14,20-21H,4-5,9-10,15H2,1-3H3. The van der Waals surface area contributed by atoms with Crippen LogP contribution in [0.4, 0.5) is 10.5 Å². The summed E-state index contributed by atoms with van der Waals surface area (Å²) >= 11 is 0. The van der Waals surface area contributed by atoms with E-state index in [1.165, 1.54) is 4.90 Å². The monoisotopic (exact) mass is 444 g/mol. The molecule has 2 unspecified atom stereocenters. The molecule has 2 aromatic carbocycles. The van der Waals surface area contributed by atoms with Gasteiger partial charge < -0.3 is 9.42 Å². The van der Waals surface area contributed by atoms with Crippen LogP contribution in [0.2, 0.25) is 0 Å². The summed E-state index contributed by atoms with van der Waals surface area (Å²) in [5.74, 6) is 0.566. The number of aryl methyl sites for hydroxylation is 3. The molecule has 5 rings (SSSR count). The highest BCUT2D eigenvalue weighted by Gasteiger charge is 2.48. The molecule has 0 radical (unpaired) electrons. The van der Waals surface area contributed by atoms with E-state index >= 15 is 0 Å². The summed E-state index contributed by atoms with van der Waals surface area (Å²) in [6.45, 7) is 6.10. The van der Waals surface area contributed by atoms with Crippen molar-refractivity contribution in [2.75, 3.05) is 4.90 Å². The lowest BCUT2D eigenvalue weighted by Gasteiger charge is -2.46. The normalized spacial score (nSPS) is 20.8. The van der Waals surface area contributed by atoms with Crippen molar-refractivity contribution in [2.24, 2.45) is 5.92 Å². The van der Waals surface area contributed by atoms with Gasteiger partial charge in [-0.05, 0) is 56.9 Å². The smallest absolute Gasteiger partial charge is 0.332 e. The fraction of sp³-hybridized carbons (Fsp3) is 0.385. The number of hydrogen-bond acceptors (Lipinski definition) is 5. The molecule has 7 heteroatoms. The van der Waals surface area contributed by atoms with Crippen molar-refractivity contribution >= 4 is 17.6 Å². The van der Waals surface area contributed by atoms with Gasteiger partial charge in [0.05, 0.1) is 11.6 Å². The molecule has 170 valence electrons. The molecule has 1 aliphatic heterocycles. The van der Waals surface area contributed by atoms with E-state index in [9.17, 15) is 9.59 Å². The average molecular weight is 445 g/mol. The summed E-state index contributed by atoms with van der Waals surface area (Å²) < 4.78 is 5.54. The topological polar surface area (TPSA) is 79.5 Å². The number of hydrogen-bond donors (Lipinski definition) is 0. The molecule has 2 heterocycles. The van der Waals surface area contributed by atoms with Crippen molar-refractivity contribution in [1.82, 2.24) is 15.0 Å². The van der Waals surface area contributed by atoms with Gasteiger partial charge >= 0.3 is 6.03 Å². The van der Waals surface area contributed by atoms with Gasteiger partial charge in [0, 0.05) is 11.6 Å². The molecule has 3 aromatic rings. The minimum Gasteiger partial charge on any atom is -0.337 e. The van der Waals surface area contributed by atoms with Crippen molar-refractivity contribution in [3.05, 3.63) is 65.0 Å². The average Bonchev–Trinajstić information content (AvgIpc) is 3.28. The van der Waals surface area contributed by atoms with Crippen molar-refractivity contribution in [1.29, 1.82) is 0 Å². The third-order valence-corrected chi connectivity index (χ3v) is 6.76. The molecule has 3 amide bonds. The SMILES string of the molecule is Cc1cccc(-c2noc(CN3C(=O)N(c4cc(C)ccc4C)C(=O)C4CCCCC43)n2)c1. The Kier molecular flexibility index (Phi) is 5.48. The Morgan fingerprint density at radius 3 is 2.61 bits per heavy atom. The van der Waals surface area contributed by atoms with Gasteiger partial charge in [0.25, 0.3) is 0 Å². The van der Waals surface area contributed by atoms with Crippen LogP contribution in [0.3, 0.4) is 0 Å². The van der Waals surface area contributed by atoms with Crippen LogP contribution in [0.25, 0.3) is 11.4 Å². The maximum absolute atomic E-state index is 13.7. The minimum atomic E-state index is -0.313. The number of carbonyl (C=O) groups excluding carboxylic acids is 2. The van der Waals surface area contributed by atoms with Gasteiger partial charge in [-0.15, -0.1) is 0 Å². The highest BCUT2D eigenvalue weighted by Crippen LogP contribution is 2.38. The van der Waals surface area contributed by atoms with Gasteiger partial charge in [0.1, 0.15) is 6.54 Å². The first-order chi connectivity index (χ1) is 15.9. The molecular weight excluding hydrogens is 416 g/mol. The van der Waals surface area contributed by atoms with E-state index in [1.807, 2.05) is 63.2 Å². The van der Waals surface area contributed by atoms with Crippen LogP contribution in [0.15, 0.2) is 47.0 Å². The van der Waals surface area contributed by atoms with Crippen LogP contribution in [0.5, 0.6) is 0 Å². The Morgan fingerprint density at radius 1 is 1.00 bits per heavy atom. The van der Waals surface area contributed by atoms with Gasteiger partial charge in [0.2, 0.25) is 17.6 Å². The van der Waals surface area contributed by atoms with Crippen LogP contribution in [0, 0.1) is 26.7 Å². The van der Waals surface area contributed by atoms with E-state index < -0.39 is 0 Å². The summed E-state index contributed by atoms with van der Waals surface area (Å²) in [5, 5.41) is 4.14. The van der Waals surface area contributed by atoms with E-state index in [0.717, 1.165) is 47.9 Å². The highest BCUT2D eigenvalue weighted by atomic mass is 16.5. The molecule has 1 saturated heterocycles. The number of aromatic nitrogens is 2. The fourth-order valence-electron chi connectivity index (χ4n) is 5.04. The second-order valence-corrected chi connectivity index (χ2v) is 9.21. The zero-order chi connectivity index (χ0) is 23.1. The van der Waals surface area contributed by atoms with Crippen LogP contribution >= 0.6 is 0 Å². The van der Waals surface area contributed by atoms with Crippen LogP contribution < -0.4 is 4.90 Å². The molecule has 1 aliphatic carbocycles. The molecule has 2 aliphatic rings.